The second-order valence-corrected chi connectivity index (χ2v) is 7.38. The van der Waals surface area contributed by atoms with E-state index in [0.29, 0.717) is 22.5 Å². The predicted octanol–water partition coefficient (Wildman–Crippen LogP) is 4.69. The van der Waals surface area contributed by atoms with Crippen molar-refractivity contribution in [3.63, 3.8) is 0 Å². The summed E-state index contributed by atoms with van der Waals surface area (Å²) in [6.45, 7) is 3.68. The number of aromatic nitrogens is 2. The van der Waals surface area contributed by atoms with E-state index < -0.39 is 17.7 Å². The summed E-state index contributed by atoms with van der Waals surface area (Å²) < 4.78 is 28.4. The molecule has 0 fully saturated rings. The molecule has 4 nitrogen and oxygen atoms in total. The van der Waals surface area contributed by atoms with Gasteiger partial charge in [-0.25, -0.2) is 13.5 Å². The van der Waals surface area contributed by atoms with E-state index in [4.69, 9.17) is 0 Å². The van der Waals surface area contributed by atoms with Gasteiger partial charge in [-0.2, -0.15) is 5.10 Å². The number of aliphatic hydroxyl groups excluding tert-OH is 1. The van der Waals surface area contributed by atoms with E-state index in [1.807, 2.05) is 44.2 Å². The molecule has 0 amide bonds. The second-order valence-electron chi connectivity index (χ2n) is 7.38. The fourth-order valence-electron chi connectivity index (χ4n) is 3.58. The molecule has 1 unspecified atom stereocenters. The number of benzene rings is 3. The number of nitrogens with zero attached hydrogens (tertiary/aromatic N) is 2. The number of fused-ring (bicyclic) bond motifs is 1. The van der Waals surface area contributed by atoms with Gasteiger partial charge < -0.3 is 5.11 Å². The first kappa shape index (κ1) is 19.9. The number of aryl methyl sites for hydroxylation is 2. The van der Waals surface area contributed by atoms with Crippen LogP contribution in [0.4, 0.5) is 8.78 Å². The molecule has 1 N–H and O–H groups in total. The Morgan fingerprint density at radius 2 is 1.73 bits per heavy atom. The van der Waals surface area contributed by atoms with E-state index in [-0.39, 0.29) is 17.7 Å². The second kappa shape index (κ2) is 7.80. The van der Waals surface area contributed by atoms with Crippen molar-refractivity contribution >= 4 is 10.8 Å². The summed E-state index contributed by atoms with van der Waals surface area (Å²) in [6, 6.07) is 16.1. The van der Waals surface area contributed by atoms with E-state index in [1.54, 1.807) is 12.1 Å². The fourth-order valence-corrected chi connectivity index (χ4v) is 3.58. The van der Waals surface area contributed by atoms with Gasteiger partial charge in [0.2, 0.25) is 0 Å². The zero-order chi connectivity index (χ0) is 21.4. The third-order valence-corrected chi connectivity index (χ3v) is 5.18. The standard InChI is InChI=1S/C24H20F2N2O2/c1-14-7-8-15(2)20(11-14)23-17-5-3-4-6-18(17)24(30)28(27-23)13-22(29)19-10-9-16(25)12-21(19)26/h3-12,22,29H,13H2,1-2H3. The van der Waals surface area contributed by atoms with Crippen LogP contribution in [0, 0.1) is 25.5 Å². The van der Waals surface area contributed by atoms with Gasteiger partial charge in [0.1, 0.15) is 17.7 Å². The lowest BCUT2D eigenvalue weighted by molar-refractivity contribution is 0.145. The maximum atomic E-state index is 14.1. The first-order chi connectivity index (χ1) is 14.3. The molecule has 0 spiro atoms. The van der Waals surface area contributed by atoms with Crippen molar-refractivity contribution in [1.82, 2.24) is 9.78 Å². The van der Waals surface area contributed by atoms with Crippen LogP contribution in [0.25, 0.3) is 22.0 Å². The van der Waals surface area contributed by atoms with Gasteiger partial charge in [0.05, 0.1) is 17.6 Å². The number of halogens is 2. The smallest absolute Gasteiger partial charge is 0.274 e. The van der Waals surface area contributed by atoms with Crippen molar-refractivity contribution in [1.29, 1.82) is 0 Å². The van der Waals surface area contributed by atoms with Crippen LogP contribution in [0.15, 0.2) is 65.5 Å². The van der Waals surface area contributed by atoms with Gasteiger partial charge in [-0.05, 0) is 37.6 Å². The normalized spacial score (nSPS) is 12.3. The molecule has 4 aromatic rings. The van der Waals surface area contributed by atoms with E-state index in [1.165, 1.54) is 6.07 Å². The van der Waals surface area contributed by atoms with Crippen molar-refractivity contribution in [3.05, 3.63) is 99.3 Å². The Morgan fingerprint density at radius 3 is 2.47 bits per heavy atom. The molecule has 0 aliphatic heterocycles. The molecule has 0 aliphatic carbocycles. The highest BCUT2D eigenvalue weighted by molar-refractivity contribution is 5.94. The minimum Gasteiger partial charge on any atom is -0.386 e. The summed E-state index contributed by atoms with van der Waals surface area (Å²) in [5.41, 5.74) is 3.05. The SMILES string of the molecule is Cc1ccc(C)c(-c2nn(CC(O)c3ccc(F)cc3F)c(=O)c3ccccc23)c1. The topological polar surface area (TPSA) is 55.1 Å². The molecular weight excluding hydrogens is 386 g/mol. The van der Waals surface area contributed by atoms with Crippen LogP contribution in [0.5, 0.6) is 0 Å². The molecule has 4 rings (SSSR count). The minimum atomic E-state index is -1.36. The lowest BCUT2D eigenvalue weighted by Gasteiger charge is -2.16. The van der Waals surface area contributed by atoms with Crippen molar-refractivity contribution in [2.75, 3.05) is 0 Å². The van der Waals surface area contributed by atoms with Crippen LogP contribution in [0.1, 0.15) is 22.8 Å². The van der Waals surface area contributed by atoms with E-state index in [2.05, 4.69) is 5.10 Å². The summed E-state index contributed by atoms with van der Waals surface area (Å²) in [7, 11) is 0. The van der Waals surface area contributed by atoms with Crippen LogP contribution < -0.4 is 5.56 Å². The summed E-state index contributed by atoms with van der Waals surface area (Å²) in [6.07, 6.45) is -1.36. The Morgan fingerprint density at radius 1 is 1.00 bits per heavy atom. The minimum absolute atomic E-state index is 0.0912. The highest BCUT2D eigenvalue weighted by atomic mass is 19.1. The molecular formula is C24H20F2N2O2. The predicted molar refractivity (Wildman–Crippen MR) is 112 cm³/mol. The third-order valence-electron chi connectivity index (χ3n) is 5.18. The molecule has 1 atom stereocenters. The number of aliphatic hydroxyl groups is 1. The van der Waals surface area contributed by atoms with Crippen LogP contribution in [-0.2, 0) is 6.54 Å². The summed E-state index contributed by atoms with van der Waals surface area (Å²) in [5, 5.41) is 16.2. The summed E-state index contributed by atoms with van der Waals surface area (Å²) in [4.78, 5) is 13.0. The summed E-state index contributed by atoms with van der Waals surface area (Å²) in [5.74, 6) is -1.60. The first-order valence-electron chi connectivity index (χ1n) is 9.55. The van der Waals surface area contributed by atoms with Gasteiger partial charge in [-0.1, -0.05) is 42.0 Å². The average molecular weight is 406 g/mol. The molecule has 0 radical (unpaired) electrons. The van der Waals surface area contributed by atoms with Gasteiger partial charge in [0.25, 0.3) is 5.56 Å². The molecule has 152 valence electrons. The zero-order valence-electron chi connectivity index (χ0n) is 16.6. The molecule has 6 heteroatoms. The maximum Gasteiger partial charge on any atom is 0.274 e. The van der Waals surface area contributed by atoms with Crippen molar-refractivity contribution in [2.45, 2.75) is 26.5 Å². The molecule has 1 heterocycles. The van der Waals surface area contributed by atoms with Gasteiger partial charge in [0, 0.05) is 22.6 Å². The Kier molecular flexibility index (Phi) is 5.18. The molecule has 1 aromatic heterocycles. The summed E-state index contributed by atoms with van der Waals surface area (Å²) >= 11 is 0. The molecule has 0 aliphatic rings. The van der Waals surface area contributed by atoms with Crippen molar-refractivity contribution in [2.24, 2.45) is 0 Å². The zero-order valence-corrected chi connectivity index (χ0v) is 16.6. The molecule has 30 heavy (non-hydrogen) atoms. The van der Waals surface area contributed by atoms with E-state index in [9.17, 15) is 18.7 Å². The highest BCUT2D eigenvalue weighted by Gasteiger charge is 2.19. The highest BCUT2D eigenvalue weighted by Crippen LogP contribution is 2.29. The number of rotatable bonds is 4. The van der Waals surface area contributed by atoms with Gasteiger partial charge in [-0.15, -0.1) is 0 Å². The molecule has 0 saturated carbocycles. The first-order valence-corrected chi connectivity index (χ1v) is 9.55. The Labute approximate surface area is 172 Å². The van der Waals surface area contributed by atoms with E-state index in [0.717, 1.165) is 27.4 Å². The Balaban J connectivity index is 1.88. The van der Waals surface area contributed by atoms with Crippen LogP contribution in [0.3, 0.4) is 0 Å². The largest absolute Gasteiger partial charge is 0.386 e. The van der Waals surface area contributed by atoms with Gasteiger partial charge in [-0.3, -0.25) is 4.79 Å². The lowest BCUT2D eigenvalue weighted by atomic mass is 9.99. The third kappa shape index (κ3) is 3.62. The number of hydrogen-bond donors (Lipinski definition) is 1. The molecule has 3 aromatic carbocycles. The van der Waals surface area contributed by atoms with Crippen molar-refractivity contribution in [3.8, 4) is 11.3 Å². The maximum absolute atomic E-state index is 14.1. The molecule has 0 saturated heterocycles. The van der Waals surface area contributed by atoms with Crippen LogP contribution >= 0.6 is 0 Å². The van der Waals surface area contributed by atoms with Crippen LogP contribution in [-0.4, -0.2) is 14.9 Å². The average Bonchev–Trinajstić information content (AvgIpc) is 2.72. The van der Waals surface area contributed by atoms with Gasteiger partial charge >= 0.3 is 0 Å². The fraction of sp³-hybridized carbons (Fsp3) is 0.167. The monoisotopic (exact) mass is 406 g/mol. The van der Waals surface area contributed by atoms with E-state index >= 15 is 0 Å². The Bertz CT molecular complexity index is 1310. The van der Waals surface area contributed by atoms with Gasteiger partial charge in [0.15, 0.2) is 0 Å². The van der Waals surface area contributed by atoms with Crippen LogP contribution in [0.2, 0.25) is 0 Å². The quantitative estimate of drug-likeness (QED) is 0.535. The number of hydrogen-bond acceptors (Lipinski definition) is 3. The van der Waals surface area contributed by atoms with Crippen molar-refractivity contribution < 1.29 is 13.9 Å². The lowest BCUT2D eigenvalue weighted by Crippen LogP contribution is -2.27. The Hall–Kier alpha value is -3.38. The molecule has 0 bridgehead atoms.